The number of nitrogens with one attached hydrogen (secondary N) is 1. The number of amides is 1. The van der Waals surface area contributed by atoms with Gasteiger partial charge in [0.05, 0.1) is 6.20 Å². The molecule has 1 amide bonds. The van der Waals surface area contributed by atoms with Gasteiger partial charge < -0.3 is 9.84 Å². The SMILES string of the molecule is O=C(NC1CC1)c1ccno1. The van der Waals surface area contributed by atoms with E-state index in [0.29, 0.717) is 6.04 Å². The Hall–Kier alpha value is -1.32. The fourth-order valence-corrected chi connectivity index (χ4v) is 0.817. The van der Waals surface area contributed by atoms with Crippen molar-refractivity contribution in [2.75, 3.05) is 0 Å². The topological polar surface area (TPSA) is 55.1 Å². The van der Waals surface area contributed by atoms with Crippen molar-refractivity contribution in [2.24, 2.45) is 0 Å². The zero-order chi connectivity index (χ0) is 7.68. The summed E-state index contributed by atoms with van der Waals surface area (Å²) in [4.78, 5) is 11.1. The van der Waals surface area contributed by atoms with Crippen molar-refractivity contribution in [3.63, 3.8) is 0 Å². The lowest BCUT2D eigenvalue weighted by Crippen LogP contribution is -2.24. The maximum absolute atomic E-state index is 11.1. The molecule has 1 N–H and O–H groups in total. The van der Waals surface area contributed by atoms with Crippen LogP contribution in [0.3, 0.4) is 0 Å². The average molecular weight is 152 g/mol. The third kappa shape index (κ3) is 1.39. The first-order valence-corrected chi connectivity index (χ1v) is 3.58. The molecule has 0 spiro atoms. The van der Waals surface area contributed by atoms with Crippen molar-refractivity contribution in [3.8, 4) is 0 Å². The summed E-state index contributed by atoms with van der Waals surface area (Å²) in [7, 11) is 0. The molecule has 58 valence electrons. The lowest BCUT2D eigenvalue weighted by atomic mass is 10.4. The van der Waals surface area contributed by atoms with Gasteiger partial charge in [-0.2, -0.15) is 0 Å². The van der Waals surface area contributed by atoms with E-state index in [4.69, 9.17) is 0 Å². The minimum Gasteiger partial charge on any atom is -0.351 e. The molecule has 1 aliphatic carbocycles. The average Bonchev–Trinajstić information content (AvgIpc) is 2.67. The van der Waals surface area contributed by atoms with E-state index in [0.717, 1.165) is 12.8 Å². The quantitative estimate of drug-likeness (QED) is 0.673. The molecule has 1 fully saturated rings. The smallest absolute Gasteiger partial charge is 0.290 e. The molecular weight excluding hydrogens is 144 g/mol. The highest BCUT2D eigenvalue weighted by atomic mass is 16.5. The van der Waals surface area contributed by atoms with E-state index in [1.807, 2.05) is 0 Å². The predicted molar refractivity (Wildman–Crippen MR) is 37.0 cm³/mol. The molecule has 0 aliphatic heterocycles. The Balaban J connectivity index is 1.99. The maximum atomic E-state index is 11.1. The standard InChI is InChI=1S/C7H8N2O2/c10-7(9-5-1-2-5)6-3-4-8-11-6/h3-5H,1-2H2,(H,9,10). The minimum atomic E-state index is -0.162. The van der Waals surface area contributed by atoms with Crippen molar-refractivity contribution in [3.05, 3.63) is 18.0 Å². The highest BCUT2D eigenvalue weighted by Crippen LogP contribution is 2.19. The van der Waals surface area contributed by atoms with Gasteiger partial charge in [0.15, 0.2) is 0 Å². The number of nitrogens with zero attached hydrogens (tertiary/aromatic N) is 1. The van der Waals surface area contributed by atoms with Crippen LogP contribution in [0.25, 0.3) is 0 Å². The molecule has 0 saturated heterocycles. The third-order valence-electron chi connectivity index (χ3n) is 1.57. The molecule has 2 rings (SSSR count). The third-order valence-corrected chi connectivity index (χ3v) is 1.57. The van der Waals surface area contributed by atoms with Crippen LogP contribution < -0.4 is 5.32 Å². The number of carbonyl (C=O) groups excluding carboxylic acids is 1. The first kappa shape index (κ1) is 6.39. The lowest BCUT2D eigenvalue weighted by molar-refractivity contribution is 0.0914. The first-order chi connectivity index (χ1) is 5.36. The van der Waals surface area contributed by atoms with Gasteiger partial charge in [0.1, 0.15) is 0 Å². The lowest BCUT2D eigenvalue weighted by Gasteiger charge is -1.96. The summed E-state index contributed by atoms with van der Waals surface area (Å²) in [5.74, 6) is 0.127. The summed E-state index contributed by atoms with van der Waals surface area (Å²) in [6.45, 7) is 0. The van der Waals surface area contributed by atoms with E-state index in [9.17, 15) is 4.79 Å². The van der Waals surface area contributed by atoms with Gasteiger partial charge in [-0.1, -0.05) is 5.16 Å². The summed E-state index contributed by atoms with van der Waals surface area (Å²) in [5.41, 5.74) is 0. The van der Waals surface area contributed by atoms with E-state index in [1.54, 1.807) is 6.07 Å². The highest BCUT2D eigenvalue weighted by Gasteiger charge is 2.24. The molecule has 0 radical (unpaired) electrons. The molecule has 0 atom stereocenters. The van der Waals surface area contributed by atoms with Crippen LogP contribution in [0.2, 0.25) is 0 Å². The number of carbonyl (C=O) groups is 1. The number of aromatic nitrogens is 1. The monoisotopic (exact) mass is 152 g/mol. The first-order valence-electron chi connectivity index (χ1n) is 3.58. The summed E-state index contributed by atoms with van der Waals surface area (Å²) in [5, 5.41) is 6.22. The normalized spacial score (nSPS) is 16.4. The van der Waals surface area contributed by atoms with Crippen molar-refractivity contribution in [2.45, 2.75) is 18.9 Å². The summed E-state index contributed by atoms with van der Waals surface area (Å²) >= 11 is 0. The summed E-state index contributed by atoms with van der Waals surface area (Å²) in [6, 6.07) is 1.92. The van der Waals surface area contributed by atoms with E-state index in [-0.39, 0.29) is 11.7 Å². The fraction of sp³-hybridized carbons (Fsp3) is 0.429. The summed E-state index contributed by atoms with van der Waals surface area (Å²) < 4.78 is 4.66. The Morgan fingerprint density at radius 2 is 2.55 bits per heavy atom. The largest absolute Gasteiger partial charge is 0.351 e. The van der Waals surface area contributed by atoms with Gasteiger partial charge in [-0.05, 0) is 12.8 Å². The van der Waals surface area contributed by atoms with Gasteiger partial charge in [0.25, 0.3) is 5.91 Å². The zero-order valence-electron chi connectivity index (χ0n) is 5.91. The van der Waals surface area contributed by atoms with Crippen LogP contribution in [0.5, 0.6) is 0 Å². The minimum absolute atomic E-state index is 0.162. The van der Waals surface area contributed by atoms with Crippen LogP contribution in [0.1, 0.15) is 23.4 Å². The van der Waals surface area contributed by atoms with Crippen LogP contribution in [0.4, 0.5) is 0 Å². The Kier molecular flexibility index (Phi) is 1.38. The van der Waals surface area contributed by atoms with Crippen LogP contribution in [-0.2, 0) is 0 Å². The van der Waals surface area contributed by atoms with E-state index >= 15 is 0 Å². The van der Waals surface area contributed by atoms with E-state index in [2.05, 4.69) is 15.0 Å². The highest BCUT2D eigenvalue weighted by molar-refractivity contribution is 5.91. The maximum Gasteiger partial charge on any atom is 0.290 e. The second-order valence-corrected chi connectivity index (χ2v) is 2.62. The molecule has 0 unspecified atom stereocenters. The van der Waals surface area contributed by atoms with Gasteiger partial charge in [-0.3, -0.25) is 4.79 Å². The predicted octanol–water partition coefficient (Wildman–Crippen LogP) is 0.567. The Morgan fingerprint density at radius 3 is 3.09 bits per heavy atom. The molecule has 1 heterocycles. The van der Waals surface area contributed by atoms with Crippen LogP contribution >= 0.6 is 0 Å². The van der Waals surface area contributed by atoms with Crippen molar-refractivity contribution in [1.29, 1.82) is 0 Å². The van der Waals surface area contributed by atoms with Crippen molar-refractivity contribution in [1.82, 2.24) is 10.5 Å². The Morgan fingerprint density at radius 1 is 1.73 bits per heavy atom. The molecule has 1 saturated carbocycles. The zero-order valence-corrected chi connectivity index (χ0v) is 5.91. The second-order valence-electron chi connectivity index (χ2n) is 2.62. The fourth-order valence-electron chi connectivity index (χ4n) is 0.817. The van der Waals surface area contributed by atoms with Gasteiger partial charge >= 0.3 is 0 Å². The van der Waals surface area contributed by atoms with E-state index < -0.39 is 0 Å². The Labute approximate surface area is 63.6 Å². The Bertz CT molecular complexity index is 251. The molecule has 1 aromatic rings. The molecule has 4 nitrogen and oxygen atoms in total. The van der Waals surface area contributed by atoms with E-state index in [1.165, 1.54) is 6.20 Å². The summed E-state index contributed by atoms with van der Waals surface area (Å²) in [6.07, 6.45) is 3.63. The molecule has 4 heteroatoms. The second kappa shape index (κ2) is 2.38. The van der Waals surface area contributed by atoms with Gasteiger partial charge in [0, 0.05) is 12.1 Å². The number of rotatable bonds is 2. The molecule has 11 heavy (non-hydrogen) atoms. The molecule has 1 aromatic heterocycles. The molecular formula is C7H8N2O2. The number of hydrogen-bond donors (Lipinski definition) is 1. The molecule has 0 bridgehead atoms. The molecule has 1 aliphatic rings. The van der Waals surface area contributed by atoms with Crippen LogP contribution in [0.15, 0.2) is 16.8 Å². The van der Waals surface area contributed by atoms with Gasteiger partial charge in [0.2, 0.25) is 5.76 Å². The van der Waals surface area contributed by atoms with Gasteiger partial charge in [-0.25, -0.2) is 0 Å². The van der Waals surface area contributed by atoms with Gasteiger partial charge in [-0.15, -0.1) is 0 Å². The number of hydrogen-bond acceptors (Lipinski definition) is 3. The van der Waals surface area contributed by atoms with Crippen molar-refractivity contribution >= 4 is 5.91 Å². The molecule has 0 aromatic carbocycles. The van der Waals surface area contributed by atoms with Crippen LogP contribution in [-0.4, -0.2) is 17.1 Å². The van der Waals surface area contributed by atoms with Crippen LogP contribution in [0, 0.1) is 0 Å². The van der Waals surface area contributed by atoms with Crippen molar-refractivity contribution < 1.29 is 9.32 Å².